The summed E-state index contributed by atoms with van der Waals surface area (Å²) in [6.45, 7) is 7.94. The molecule has 0 aliphatic heterocycles. The van der Waals surface area contributed by atoms with E-state index in [1.54, 1.807) is 0 Å². The van der Waals surface area contributed by atoms with E-state index in [2.05, 4.69) is 25.3 Å². The van der Waals surface area contributed by atoms with Gasteiger partial charge in [-0.25, -0.2) is 0 Å². The minimum Gasteiger partial charge on any atom is -0.391 e. The van der Waals surface area contributed by atoms with Crippen LogP contribution in [0.25, 0.3) is 0 Å². The number of esters is 2. The fourth-order valence-electron chi connectivity index (χ4n) is 1.32. The standard InChI is InChI=1S/C12H22O3S2/c1-7(2)5-9(16)11(13)15-12(14)10(17)6-8(3)4/h7-10,16-17H,5-6H2,1-4H3. The van der Waals surface area contributed by atoms with Crippen LogP contribution in [0.2, 0.25) is 0 Å². The zero-order valence-corrected chi connectivity index (χ0v) is 12.6. The van der Waals surface area contributed by atoms with E-state index in [-0.39, 0.29) is 0 Å². The molecule has 0 amide bonds. The molecule has 2 atom stereocenters. The molecule has 0 aliphatic carbocycles. The summed E-state index contributed by atoms with van der Waals surface area (Å²) in [5.41, 5.74) is 0. The number of hydrogen-bond acceptors (Lipinski definition) is 5. The molecule has 0 aromatic carbocycles. The van der Waals surface area contributed by atoms with Crippen molar-refractivity contribution in [1.29, 1.82) is 0 Å². The van der Waals surface area contributed by atoms with Gasteiger partial charge in [0.25, 0.3) is 0 Å². The summed E-state index contributed by atoms with van der Waals surface area (Å²) < 4.78 is 4.75. The highest BCUT2D eigenvalue weighted by atomic mass is 32.1. The molecule has 5 heteroatoms. The van der Waals surface area contributed by atoms with Gasteiger partial charge in [-0.1, -0.05) is 27.7 Å². The first kappa shape index (κ1) is 16.8. The van der Waals surface area contributed by atoms with E-state index in [1.165, 1.54) is 0 Å². The Balaban J connectivity index is 4.15. The molecule has 0 heterocycles. The third kappa shape index (κ3) is 7.71. The first-order chi connectivity index (χ1) is 7.73. The zero-order valence-electron chi connectivity index (χ0n) is 10.8. The van der Waals surface area contributed by atoms with Crippen LogP contribution in [0.3, 0.4) is 0 Å². The second kappa shape index (κ2) is 8.03. The molecule has 0 saturated carbocycles. The predicted molar refractivity (Wildman–Crippen MR) is 75.6 cm³/mol. The van der Waals surface area contributed by atoms with Gasteiger partial charge in [-0.05, 0) is 24.7 Å². The smallest absolute Gasteiger partial charge is 0.326 e. The molecule has 2 unspecified atom stereocenters. The Morgan fingerprint density at radius 2 is 1.18 bits per heavy atom. The van der Waals surface area contributed by atoms with Gasteiger partial charge in [0, 0.05) is 0 Å². The van der Waals surface area contributed by atoms with Crippen molar-refractivity contribution in [3.05, 3.63) is 0 Å². The third-order valence-corrected chi connectivity index (χ3v) is 2.98. The molecule has 0 bridgehead atoms. The molecule has 0 aromatic heterocycles. The molecule has 100 valence electrons. The van der Waals surface area contributed by atoms with Crippen LogP contribution in [0.4, 0.5) is 0 Å². The van der Waals surface area contributed by atoms with Crippen LogP contribution in [-0.4, -0.2) is 22.4 Å². The van der Waals surface area contributed by atoms with Crippen molar-refractivity contribution in [2.75, 3.05) is 0 Å². The normalized spacial score (nSPS) is 14.8. The lowest BCUT2D eigenvalue weighted by Crippen LogP contribution is -2.28. The molecular weight excluding hydrogens is 256 g/mol. The predicted octanol–water partition coefficient (Wildman–Crippen LogP) is 2.75. The van der Waals surface area contributed by atoms with E-state index in [0.717, 1.165) is 0 Å². The van der Waals surface area contributed by atoms with E-state index in [4.69, 9.17) is 4.74 Å². The highest BCUT2D eigenvalue weighted by Gasteiger charge is 2.24. The van der Waals surface area contributed by atoms with Crippen molar-refractivity contribution in [3.8, 4) is 0 Å². The highest BCUT2D eigenvalue weighted by molar-refractivity contribution is 7.82. The van der Waals surface area contributed by atoms with Crippen LogP contribution >= 0.6 is 25.3 Å². The lowest BCUT2D eigenvalue weighted by atomic mass is 10.1. The molecule has 0 N–H and O–H groups in total. The van der Waals surface area contributed by atoms with Crippen molar-refractivity contribution >= 4 is 37.2 Å². The lowest BCUT2D eigenvalue weighted by molar-refractivity contribution is -0.159. The van der Waals surface area contributed by atoms with Crippen LogP contribution in [0.1, 0.15) is 40.5 Å². The van der Waals surface area contributed by atoms with Crippen molar-refractivity contribution in [2.45, 2.75) is 51.0 Å². The summed E-state index contributed by atoms with van der Waals surface area (Å²) in [5, 5.41) is -1.09. The summed E-state index contributed by atoms with van der Waals surface area (Å²) in [4.78, 5) is 23.1. The molecule has 0 aliphatic rings. The van der Waals surface area contributed by atoms with E-state index < -0.39 is 22.4 Å². The Morgan fingerprint density at radius 3 is 1.41 bits per heavy atom. The lowest BCUT2D eigenvalue weighted by Gasteiger charge is -2.14. The van der Waals surface area contributed by atoms with Gasteiger partial charge in [0.15, 0.2) is 0 Å². The van der Waals surface area contributed by atoms with Crippen LogP contribution in [0.15, 0.2) is 0 Å². The molecule has 0 radical (unpaired) electrons. The van der Waals surface area contributed by atoms with E-state index in [1.807, 2.05) is 27.7 Å². The second-order valence-corrected chi connectivity index (χ2v) is 6.28. The van der Waals surface area contributed by atoms with Crippen LogP contribution in [0.5, 0.6) is 0 Å². The van der Waals surface area contributed by atoms with Crippen molar-refractivity contribution < 1.29 is 14.3 Å². The van der Waals surface area contributed by atoms with Crippen molar-refractivity contribution in [2.24, 2.45) is 11.8 Å². The monoisotopic (exact) mass is 278 g/mol. The summed E-state index contributed by atoms with van der Waals surface area (Å²) in [5.74, 6) is -0.477. The van der Waals surface area contributed by atoms with E-state index in [0.29, 0.717) is 24.7 Å². The quantitative estimate of drug-likeness (QED) is 0.446. The summed E-state index contributed by atoms with van der Waals surface area (Å²) >= 11 is 8.25. The van der Waals surface area contributed by atoms with Gasteiger partial charge in [-0.3, -0.25) is 9.59 Å². The summed E-state index contributed by atoms with van der Waals surface area (Å²) in [6, 6.07) is 0. The third-order valence-electron chi connectivity index (χ3n) is 2.13. The van der Waals surface area contributed by atoms with Gasteiger partial charge in [0.1, 0.15) is 10.5 Å². The van der Waals surface area contributed by atoms with Gasteiger partial charge in [-0.2, -0.15) is 25.3 Å². The number of rotatable bonds is 6. The molecular formula is C12H22O3S2. The van der Waals surface area contributed by atoms with E-state index in [9.17, 15) is 9.59 Å². The molecule has 0 aromatic rings. The van der Waals surface area contributed by atoms with Crippen molar-refractivity contribution in [1.82, 2.24) is 0 Å². The van der Waals surface area contributed by atoms with Crippen LogP contribution < -0.4 is 0 Å². The highest BCUT2D eigenvalue weighted by Crippen LogP contribution is 2.15. The van der Waals surface area contributed by atoms with Crippen molar-refractivity contribution in [3.63, 3.8) is 0 Å². The SMILES string of the molecule is CC(C)CC(S)C(=O)OC(=O)C(S)CC(C)C. The second-order valence-electron chi connectivity index (χ2n) is 5.03. The molecule has 0 fully saturated rings. The molecule has 3 nitrogen and oxygen atoms in total. The average molecular weight is 278 g/mol. The van der Waals surface area contributed by atoms with Gasteiger partial charge in [-0.15, -0.1) is 0 Å². The first-order valence-electron chi connectivity index (χ1n) is 5.85. The van der Waals surface area contributed by atoms with Crippen LogP contribution in [-0.2, 0) is 14.3 Å². The average Bonchev–Trinajstić information content (AvgIpc) is 2.15. The topological polar surface area (TPSA) is 43.4 Å². The molecule has 0 spiro atoms. The minimum atomic E-state index is -0.574. The number of carbonyl (C=O) groups excluding carboxylic acids is 2. The fourth-order valence-corrected chi connectivity index (χ4v) is 2.27. The number of hydrogen-bond donors (Lipinski definition) is 2. The van der Waals surface area contributed by atoms with Crippen LogP contribution in [0, 0.1) is 11.8 Å². The first-order valence-corrected chi connectivity index (χ1v) is 6.89. The molecule has 0 rings (SSSR count). The molecule has 0 saturated heterocycles. The summed E-state index contributed by atoms with van der Waals surface area (Å²) in [7, 11) is 0. The Hall–Kier alpha value is -0.160. The van der Waals surface area contributed by atoms with E-state index >= 15 is 0 Å². The minimum absolute atomic E-state index is 0.336. The summed E-state index contributed by atoms with van der Waals surface area (Å²) in [6.07, 6.45) is 1.19. The Morgan fingerprint density at radius 1 is 0.882 bits per heavy atom. The Bertz CT molecular complexity index is 238. The molecule has 17 heavy (non-hydrogen) atoms. The number of carbonyl (C=O) groups is 2. The van der Waals surface area contributed by atoms with Gasteiger partial charge >= 0.3 is 11.9 Å². The Kier molecular flexibility index (Phi) is 7.96. The maximum atomic E-state index is 11.5. The number of ether oxygens (including phenoxy) is 1. The van der Waals surface area contributed by atoms with Gasteiger partial charge < -0.3 is 4.74 Å². The number of thiol groups is 2. The fraction of sp³-hybridized carbons (Fsp3) is 0.833. The Labute approximate surface area is 115 Å². The zero-order chi connectivity index (χ0) is 13.6. The largest absolute Gasteiger partial charge is 0.391 e. The van der Waals surface area contributed by atoms with Gasteiger partial charge in [0.2, 0.25) is 0 Å². The maximum Gasteiger partial charge on any atom is 0.326 e. The van der Waals surface area contributed by atoms with Gasteiger partial charge in [0.05, 0.1) is 0 Å². The maximum absolute atomic E-state index is 11.5.